The van der Waals surface area contributed by atoms with Crippen LogP contribution in [0.25, 0.3) is 0 Å². The number of nitrogens with one attached hydrogen (secondary N) is 2. The molecular formula is C32H46N4O7. The standard InChI is InChI=1S/C32H46N4O7/c1-4-9-24(28(38)29(33)39)34-30(40)25-18-23-19-36(25)31(41)27(21-11-6-5-7-12-21)35-26(37)17-20-10-8-13-22(16-20)42-15-14-32(2,3)43-23/h8,10,13,16,21,23-25,27H,4-7,9,11-12,14-15,17-19H2,1-3H3,(H2,33,39)(H,34,40)(H,35,37)/t23-,24?,25+,27+/m1/s1. The molecule has 43 heavy (non-hydrogen) atoms. The summed E-state index contributed by atoms with van der Waals surface area (Å²) >= 11 is 0. The van der Waals surface area contributed by atoms with E-state index < -0.39 is 47.4 Å². The molecule has 0 radical (unpaired) electrons. The van der Waals surface area contributed by atoms with Gasteiger partial charge in [-0.1, -0.05) is 44.7 Å². The van der Waals surface area contributed by atoms with Crippen molar-refractivity contribution in [2.45, 2.75) is 115 Å². The molecule has 2 heterocycles. The minimum atomic E-state index is -1.12. The summed E-state index contributed by atoms with van der Waals surface area (Å²) in [5.74, 6) is -2.56. The van der Waals surface area contributed by atoms with Crippen molar-refractivity contribution in [1.82, 2.24) is 15.5 Å². The predicted octanol–water partition coefficient (Wildman–Crippen LogP) is 2.18. The van der Waals surface area contributed by atoms with Crippen molar-refractivity contribution in [3.05, 3.63) is 29.8 Å². The van der Waals surface area contributed by atoms with Gasteiger partial charge < -0.3 is 30.7 Å². The molecular weight excluding hydrogens is 552 g/mol. The molecule has 1 unspecified atom stereocenters. The maximum absolute atomic E-state index is 14.4. The van der Waals surface area contributed by atoms with E-state index in [0.717, 1.165) is 37.7 Å². The Hall–Kier alpha value is -3.47. The number of benzene rings is 1. The molecule has 1 saturated carbocycles. The molecule has 1 aromatic carbocycles. The van der Waals surface area contributed by atoms with E-state index in [0.29, 0.717) is 25.2 Å². The summed E-state index contributed by atoms with van der Waals surface area (Å²) in [6, 6.07) is 4.55. The van der Waals surface area contributed by atoms with E-state index in [9.17, 15) is 24.0 Å². The number of nitrogens with zero attached hydrogens (tertiary/aromatic N) is 1. The van der Waals surface area contributed by atoms with Crippen molar-refractivity contribution in [3.8, 4) is 5.75 Å². The van der Waals surface area contributed by atoms with Crippen LogP contribution in [0.1, 0.15) is 84.1 Å². The van der Waals surface area contributed by atoms with E-state index in [4.69, 9.17) is 15.2 Å². The van der Waals surface area contributed by atoms with Crippen LogP contribution in [0.15, 0.2) is 24.3 Å². The number of ketones is 1. The first-order valence-corrected chi connectivity index (χ1v) is 15.6. The third kappa shape index (κ3) is 8.55. The zero-order valence-corrected chi connectivity index (χ0v) is 25.6. The van der Waals surface area contributed by atoms with Gasteiger partial charge in [-0.15, -0.1) is 0 Å². The molecule has 11 heteroatoms. The average Bonchev–Trinajstić information content (AvgIpc) is 3.38. The lowest BCUT2D eigenvalue weighted by Gasteiger charge is -2.35. The predicted molar refractivity (Wildman–Crippen MR) is 159 cm³/mol. The number of primary amides is 1. The molecule has 3 aliphatic rings. The lowest BCUT2D eigenvalue weighted by Crippen LogP contribution is -2.58. The van der Waals surface area contributed by atoms with Gasteiger partial charge in [-0.05, 0) is 56.7 Å². The second-order valence-electron chi connectivity index (χ2n) is 12.7. The summed E-state index contributed by atoms with van der Waals surface area (Å²) in [5.41, 5.74) is 5.40. The first-order valence-electron chi connectivity index (χ1n) is 15.6. The van der Waals surface area contributed by atoms with Gasteiger partial charge in [0.15, 0.2) is 0 Å². The molecule has 4 rings (SSSR count). The number of amides is 4. The van der Waals surface area contributed by atoms with E-state index in [1.807, 2.05) is 45.0 Å². The second-order valence-corrected chi connectivity index (χ2v) is 12.7. The first kappa shape index (κ1) is 32.4. The van der Waals surface area contributed by atoms with E-state index in [-0.39, 0.29) is 43.5 Å². The fraction of sp³-hybridized carbons (Fsp3) is 0.656. The molecule has 4 N–H and O–H groups in total. The van der Waals surface area contributed by atoms with Crippen LogP contribution in [-0.4, -0.2) is 77.3 Å². The molecule has 11 nitrogen and oxygen atoms in total. The Kier molecular flexibility index (Phi) is 10.8. The van der Waals surface area contributed by atoms with Crippen LogP contribution in [0.2, 0.25) is 0 Å². The lowest BCUT2D eigenvalue weighted by atomic mass is 9.83. The highest BCUT2D eigenvalue weighted by atomic mass is 16.5. The van der Waals surface area contributed by atoms with Gasteiger partial charge in [0.2, 0.25) is 23.5 Å². The third-order valence-corrected chi connectivity index (χ3v) is 8.73. The lowest BCUT2D eigenvalue weighted by molar-refractivity contribution is -0.144. The third-order valence-electron chi connectivity index (χ3n) is 8.73. The zero-order valence-electron chi connectivity index (χ0n) is 25.6. The van der Waals surface area contributed by atoms with Gasteiger partial charge in [0.1, 0.15) is 17.8 Å². The number of Topliss-reactive ketones (excluding diaryl/α,β-unsaturated/α-hetero) is 1. The fourth-order valence-electron chi connectivity index (χ4n) is 6.48. The van der Waals surface area contributed by atoms with Crippen LogP contribution in [0.3, 0.4) is 0 Å². The van der Waals surface area contributed by atoms with Gasteiger partial charge in [-0.25, -0.2) is 0 Å². The fourth-order valence-corrected chi connectivity index (χ4v) is 6.48. The van der Waals surface area contributed by atoms with Crippen molar-refractivity contribution in [2.24, 2.45) is 11.7 Å². The molecule has 236 valence electrons. The maximum Gasteiger partial charge on any atom is 0.287 e. The van der Waals surface area contributed by atoms with Crippen LogP contribution in [-0.2, 0) is 35.1 Å². The van der Waals surface area contributed by atoms with Crippen molar-refractivity contribution in [1.29, 1.82) is 0 Å². The molecule has 0 aromatic heterocycles. The molecule has 2 fully saturated rings. The van der Waals surface area contributed by atoms with Crippen molar-refractivity contribution < 1.29 is 33.4 Å². The minimum absolute atomic E-state index is 0.0665. The van der Waals surface area contributed by atoms with Gasteiger partial charge in [-0.2, -0.15) is 0 Å². The number of carbonyl (C=O) groups excluding carboxylic acids is 5. The second kappa shape index (κ2) is 14.3. The largest absolute Gasteiger partial charge is 0.493 e. The highest BCUT2D eigenvalue weighted by Gasteiger charge is 2.46. The summed E-state index contributed by atoms with van der Waals surface area (Å²) < 4.78 is 12.5. The monoisotopic (exact) mass is 598 g/mol. The molecule has 4 amide bonds. The van der Waals surface area contributed by atoms with Crippen molar-refractivity contribution in [3.63, 3.8) is 0 Å². The average molecular weight is 599 g/mol. The van der Waals surface area contributed by atoms with E-state index >= 15 is 0 Å². The van der Waals surface area contributed by atoms with E-state index in [2.05, 4.69) is 10.6 Å². The number of rotatable bonds is 7. The Morgan fingerprint density at radius 2 is 1.91 bits per heavy atom. The van der Waals surface area contributed by atoms with E-state index in [1.54, 1.807) is 0 Å². The van der Waals surface area contributed by atoms with Gasteiger partial charge in [0.25, 0.3) is 5.91 Å². The van der Waals surface area contributed by atoms with Crippen LogP contribution in [0.5, 0.6) is 5.75 Å². The quantitative estimate of drug-likeness (QED) is 0.406. The van der Waals surface area contributed by atoms with Crippen LogP contribution < -0.4 is 21.1 Å². The van der Waals surface area contributed by atoms with Crippen molar-refractivity contribution in [2.75, 3.05) is 13.2 Å². The van der Waals surface area contributed by atoms with Gasteiger partial charge in [0, 0.05) is 19.4 Å². The Bertz CT molecular complexity index is 1200. The molecule has 4 atom stereocenters. The van der Waals surface area contributed by atoms with E-state index in [1.165, 1.54) is 4.90 Å². The smallest absolute Gasteiger partial charge is 0.287 e. The summed E-state index contributed by atoms with van der Waals surface area (Å²) in [7, 11) is 0. The van der Waals surface area contributed by atoms with Crippen LogP contribution in [0.4, 0.5) is 0 Å². The molecule has 2 aliphatic heterocycles. The Balaban J connectivity index is 1.66. The highest BCUT2D eigenvalue weighted by molar-refractivity contribution is 6.37. The highest BCUT2D eigenvalue weighted by Crippen LogP contribution is 2.32. The number of carbonyl (C=O) groups is 5. The van der Waals surface area contributed by atoms with Crippen LogP contribution in [0, 0.1) is 5.92 Å². The first-order chi connectivity index (χ1) is 20.5. The molecule has 1 saturated heterocycles. The van der Waals surface area contributed by atoms with Gasteiger partial charge >= 0.3 is 0 Å². The Morgan fingerprint density at radius 1 is 1.16 bits per heavy atom. The SMILES string of the molecule is CCCC(NC(=O)[C@@H]1C[C@@H]2CN1C(=O)[C@H](C1CCCCC1)NC(=O)Cc1cccc(c1)OCCC(C)(C)O2)C(=O)C(N)=O. The summed E-state index contributed by atoms with van der Waals surface area (Å²) in [5, 5.41) is 5.71. The van der Waals surface area contributed by atoms with Crippen molar-refractivity contribution >= 4 is 29.4 Å². The molecule has 0 spiro atoms. The number of nitrogens with two attached hydrogens (primary N) is 1. The van der Waals surface area contributed by atoms with Crippen LogP contribution >= 0.6 is 0 Å². The number of ether oxygens (including phenoxy) is 2. The summed E-state index contributed by atoms with van der Waals surface area (Å²) in [4.78, 5) is 67.0. The summed E-state index contributed by atoms with van der Waals surface area (Å²) in [6.07, 6.45) is 5.74. The Morgan fingerprint density at radius 3 is 2.60 bits per heavy atom. The minimum Gasteiger partial charge on any atom is -0.493 e. The molecule has 4 bridgehead atoms. The number of hydrogen-bond donors (Lipinski definition) is 3. The zero-order chi connectivity index (χ0) is 31.1. The molecule has 1 aromatic rings. The molecule has 1 aliphatic carbocycles. The van der Waals surface area contributed by atoms with Gasteiger partial charge in [0.05, 0.1) is 30.8 Å². The normalized spacial score (nSPS) is 25.7. The number of fused-ring (bicyclic) bond motifs is 4. The number of hydrogen-bond acceptors (Lipinski definition) is 7. The maximum atomic E-state index is 14.4. The van der Waals surface area contributed by atoms with Gasteiger partial charge in [-0.3, -0.25) is 24.0 Å². The topological polar surface area (TPSA) is 157 Å². The summed E-state index contributed by atoms with van der Waals surface area (Å²) in [6.45, 7) is 6.26. The Labute approximate surface area is 253 Å².